The van der Waals surface area contributed by atoms with Crippen molar-refractivity contribution in [1.29, 1.82) is 0 Å². The van der Waals surface area contributed by atoms with Crippen LogP contribution in [0.4, 0.5) is 0 Å². The second-order valence-corrected chi connectivity index (χ2v) is 4.57. The zero-order valence-corrected chi connectivity index (χ0v) is 8.73. The van der Waals surface area contributed by atoms with Crippen LogP contribution >= 0.6 is 0 Å². The van der Waals surface area contributed by atoms with Gasteiger partial charge in [0.25, 0.3) is 0 Å². The second kappa shape index (κ2) is 4.27. The van der Waals surface area contributed by atoms with Crippen molar-refractivity contribution in [3.8, 4) is 0 Å². The fraction of sp³-hybridized carbons (Fsp3) is 1.00. The Morgan fingerprint density at radius 2 is 2.00 bits per heavy atom. The Morgan fingerprint density at radius 3 is 2.42 bits per heavy atom. The highest BCUT2D eigenvalue weighted by Gasteiger charge is 2.41. The van der Waals surface area contributed by atoms with Crippen molar-refractivity contribution in [2.24, 2.45) is 11.3 Å². The fourth-order valence-electron chi connectivity index (χ4n) is 1.56. The molecule has 0 aromatic heterocycles. The first kappa shape index (κ1) is 10.0. The van der Waals surface area contributed by atoms with Gasteiger partial charge in [-0.1, -0.05) is 20.3 Å². The maximum atomic E-state index is 5.49. The van der Waals surface area contributed by atoms with Gasteiger partial charge in [0.2, 0.25) is 0 Å². The lowest BCUT2D eigenvalue weighted by molar-refractivity contribution is 0.0943. The van der Waals surface area contributed by atoms with Crippen LogP contribution in [0.2, 0.25) is 0 Å². The molecule has 1 rings (SSSR count). The van der Waals surface area contributed by atoms with Gasteiger partial charge < -0.3 is 4.74 Å². The standard InChI is InChI=1S/C11H22O/c1-4-12-9-11(7-8-11)6-5-10(2)3/h10H,4-9H2,1-3H3. The van der Waals surface area contributed by atoms with Gasteiger partial charge in [0.1, 0.15) is 0 Å². The predicted molar refractivity (Wildman–Crippen MR) is 52.2 cm³/mol. The lowest BCUT2D eigenvalue weighted by atomic mass is 9.96. The lowest BCUT2D eigenvalue weighted by Crippen LogP contribution is -2.11. The molecule has 0 N–H and O–H groups in total. The summed E-state index contributed by atoms with van der Waals surface area (Å²) < 4.78 is 5.49. The van der Waals surface area contributed by atoms with Crippen molar-refractivity contribution in [3.63, 3.8) is 0 Å². The summed E-state index contributed by atoms with van der Waals surface area (Å²) >= 11 is 0. The van der Waals surface area contributed by atoms with Gasteiger partial charge in [0.05, 0.1) is 6.61 Å². The molecule has 0 unspecified atom stereocenters. The summed E-state index contributed by atoms with van der Waals surface area (Å²) in [6.45, 7) is 8.58. The van der Waals surface area contributed by atoms with Crippen molar-refractivity contribution in [2.75, 3.05) is 13.2 Å². The Kier molecular flexibility index (Phi) is 3.57. The molecule has 0 aliphatic heterocycles. The Balaban J connectivity index is 2.12. The molecule has 0 saturated heterocycles. The number of hydrogen-bond donors (Lipinski definition) is 0. The average Bonchev–Trinajstić information content (AvgIpc) is 2.79. The zero-order chi connectivity index (χ0) is 9.03. The van der Waals surface area contributed by atoms with Crippen molar-refractivity contribution in [1.82, 2.24) is 0 Å². The topological polar surface area (TPSA) is 9.23 Å². The van der Waals surface area contributed by atoms with E-state index in [9.17, 15) is 0 Å². The van der Waals surface area contributed by atoms with E-state index in [1.807, 2.05) is 0 Å². The smallest absolute Gasteiger partial charge is 0.0522 e. The maximum Gasteiger partial charge on any atom is 0.0522 e. The van der Waals surface area contributed by atoms with Crippen molar-refractivity contribution >= 4 is 0 Å². The molecule has 0 bridgehead atoms. The third kappa shape index (κ3) is 3.14. The zero-order valence-electron chi connectivity index (χ0n) is 8.73. The second-order valence-electron chi connectivity index (χ2n) is 4.57. The normalized spacial score (nSPS) is 20.0. The molecule has 1 saturated carbocycles. The van der Waals surface area contributed by atoms with Gasteiger partial charge >= 0.3 is 0 Å². The summed E-state index contributed by atoms with van der Waals surface area (Å²) in [5.41, 5.74) is 0.611. The van der Waals surface area contributed by atoms with Crippen LogP contribution in [0.5, 0.6) is 0 Å². The molecule has 1 fully saturated rings. The highest BCUT2D eigenvalue weighted by Crippen LogP contribution is 2.50. The summed E-state index contributed by atoms with van der Waals surface area (Å²) in [4.78, 5) is 0. The molecule has 0 aromatic rings. The van der Waals surface area contributed by atoms with Gasteiger partial charge in [-0.15, -0.1) is 0 Å². The summed E-state index contributed by atoms with van der Waals surface area (Å²) in [5, 5.41) is 0. The Bertz CT molecular complexity index is 125. The van der Waals surface area contributed by atoms with Crippen molar-refractivity contribution in [2.45, 2.75) is 46.5 Å². The van der Waals surface area contributed by atoms with E-state index in [-0.39, 0.29) is 0 Å². The van der Waals surface area contributed by atoms with E-state index in [1.165, 1.54) is 25.7 Å². The molecule has 12 heavy (non-hydrogen) atoms. The first-order valence-corrected chi connectivity index (χ1v) is 5.26. The van der Waals surface area contributed by atoms with Gasteiger partial charge in [-0.3, -0.25) is 0 Å². The molecule has 1 nitrogen and oxygen atoms in total. The molecule has 1 heteroatoms. The van der Waals surface area contributed by atoms with E-state index in [1.54, 1.807) is 0 Å². The SMILES string of the molecule is CCOCC1(CCC(C)C)CC1. The van der Waals surface area contributed by atoms with Crippen LogP contribution in [0, 0.1) is 11.3 Å². The van der Waals surface area contributed by atoms with E-state index in [2.05, 4.69) is 20.8 Å². The van der Waals surface area contributed by atoms with Gasteiger partial charge in [-0.2, -0.15) is 0 Å². The Labute approximate surface area is 76.5 Å². The lowest BCUT2D eigenvalue weighted by Gasteiger charge is -2.15. The molecule has 0 atom stereocenters. The van der Waals surface area contributed by atoms with Gasteiger partial charge in [0.15, 0.2) is 0 Å². The summed E-state index contributed by atoms with van der Waals surface area (Å²) in [7, 11) is 0. The van der Waals surface area contributed by atoms with Crippen LogP contribution in [-0.4, -0.2) is 13.2 Å². The molecule has 0 radical (unpaired) electrons. The minimum absolute atomic E-state index is 0.611. The average molecular weight is 170 g/mol. The summed E-state index contributed by atoms with van der Waals surface area (Å²) in [6, 6.07) is 0. The summed E-state index contributed by atoms with van der Waals surface area (Å²) in [6.07, 6.45) is 5.55. The van der Waals surface area contributed by atoms with E-state index in [0.29, 0.717) is 5.41 Å². The van der Waals surface area contributed by atoms with E-state index in [0.717, 1.165) is 19.1 Å². The van der Waals surface area contributed by atoms with Gasteiger partial charge in [-0.05, 0) is 37.5 Å². The molecule has 0 aromatic carbocycles. The Hall–Kier alpha value is -0.0400. The monoisotopic (exact) mass is 170 g/mol. The molecule has 1 aliphatic carbocycles. The van der Waals surface area contributed by atoms with Crippen molar-refractivity contribution in [3.05, 3.63) is 0 Å². The van der Waals surface area contributed by atoms with Gasteiger partial charge in [-0.25, -0.2) is 0 Å². The maximum absolute atomic E-state index is 5.49. The molecular formula is C11H22O. The highest BCUT2D eigenvalue weighted by molar-refractivity contribution is 4.92. The number of hydrogen-bond acceptors (Lipinski definition) is 1. The van der Waals surface area contributed by atoms with E-state index >= 15 is 0 Å². The van der Waals surface area contributed by atoms with Crippen LogP contribution in [-0.2, 0) is 4.74 Å². The minimum atomic E-state index is 0.611. The summed E-state index contributed by atoms with van der Waals surface area (Å²) in [5.74, 6) is 0.851. The minimum Gasteiger partial charge on any atom is -0.381 e. The van der Waals surface area contributed by atoms with Crippen LogP contribution in [0.3, 0.4) is 0 Å². The van der Waals surface area contributed by atoms with E-state index < -0.39 is 0 Å². The van der Waals surface area contributed by atoms with E-state index in [4.69, 9.17) is 4.74 Å². The van der Waals surface area contributed by atoms with Crippen LogP contribution in [0.1, 0.15) is 46.5 Å². The van der Waals surface area contributed by atoms with Gasteiger partial charge in [0, 0.05) is 6.61 Å². The molecule has 0 spiro atoms. The molecule has 72 valence electrons. The molecule has 0 amide bonds. The molecular weight excluding hydrogens is 148 g/mol. The third-order valence-electron chi connectivity index (χ3n) is 2.82. The van der Waals surface area contributed by atoms with Crippen LogP contribution in [0.15, 0.2) is 0 Å². The highest BCUT2D eigenvalue weighted by atomic mass is 16.5. The van der Waals surface area contributed by atoms with Crippen molar-refractivity contribution < 1.29 is 4.74 Å². The quantitative estimate of drug-likeness (QED) is 0.594. The molecule has 1 aliphatic rings. The first-order chi connectivity index (χ1) is 5.68. The molecule has 0 heterocycles. The Morgan fingerprint density at radius 1 is 1.33 bits per heavy atom. The largest absolute Gasteiger partial charge is 0.381 e. The first-order valence-electron chi connectivity index (χ1n) is 5.26. The predicted octanol–water partition coefficient (Wildman–Crippen LogP) is 3.24. The third-order valence-corrected chi connectivity index (χ3v) is 2.82. The number of rotatable bonds is 6. The fourth-order valence-corrected chi connectivity index (χ4v) is 1.56. The number of ether oxygens (including phenoxy) is 1. The van der Waals surface area contributed by atoms with Crippen LogP contribution < -0.4 is 0 Å². The van der Waals surface area contributed by atoms with Crippen LogP contribution in [0.25, 0.3) is 0 Å².